The summed E-state index contributed by atoms with van der Waals surface area (Å²) in [5.41, 5.74) is 2.79. The number of pyridine rings is 1. The van der Waals surface area contributed by atoms with Gasteiger partial charge in [0, 0.05) is 37.3 Å². The first-order chi connectivity index (χ1) is 21.0. The molecule has 10 nitrogen and oxygen atoms in total. The highest BCUT2D eigenvalue weighted by Crippen LogP contribution is 2.47. The number of nitrogens with zero attached hydrogens (tertiary/aromatic N) is 4. The maximum atomic E-state index is 16.6. The molecule has 3 aliphatic rings. The first-order valence-corrected chi connectivity index (χ1v) is 15.1. The van der Waals surface area contributed by atoms with Crippen LogP contribution < -0.4 is 25.8 Å². The van der Waals surface area contributed by atoms with Gasteiger partial charge in [0.1, 0.15) is 29.0 Å². The molecule has 0 aliphatic carbocycles. The summed E-state index contributed by atoms with van der Waals surface area (Å²) in [6.07, 6.45) is -2.89. The van der Waals surface area contributed by atoms with Crippen LogP contribution in [0.25, 0.3) is 22.2 Å². The summed E-state index contributed by atoms with van der Waals surface area (Å²) in [5, 5.41) is 6.07. The molecular weight excluding hydrogens is 606 g/mol. The maximum Gasteiger partial charge on any atom is 0.417 e. The molecule has 44 heavy (non-hydrogen) atoms. The standard InChI is InChI=1S/C29H34ClF4N7O3/c1-14-11-18(35)22(30)19(21(14)29(32,33)34)24-23(31)25-20-26(37-8-7-36-6-5-15(2)44-27(20)38-24)40-28(39-25)43-13-17-4-3-16-12-42-10-9-41(16)17/h11,15-17,36H,3-10,12-13,35H2,1-2H3,(H,37,39,40)/t15-,16-,17-/m0/s1. The average molecular weight is 640 g/mol. The molecule has 3 aliphatic heterocycles. The molecule has 2 saturated heterocycles. The number of ether oxygens (including phenoxy) is 3. The summed E-state index contributed by atoms with van der Waals surface area (Å²) in [4.78, 5) is 15.6. The lowest BCUT2D eigenvalue weighted by molar-refractivity contribution is -0.137. The molecule has 0 spiro atoms. The summed E-state index contributed by atoms with van der Waals surface area (Å²) in [6.45, 7) is 6.96. The Kier molecular flexibility index (Phi) is 8.61. The molecule has 238 valence electrons. The summed E-state index contributed by atoms with van der Waals surface area (Å²) >= 11 is 6.38. The highest BCUT2D eigenvalue weighted by atomic mass is 35.5. The molecule has 0 unspecified atom stereocenters. The van der Waals surface area contributed by atoms with Crippen molar-refractivity contribution in [1.29, 1.82) is 0 Å². The van der Waals surface area contributed by atoms with Crippen LogP contribution in [0.1, 0.15) is 37.3 Å². The van der Waals surface area contributed by atoms with Crippen LogP contribution in [-0.4, -0.2) is 84.0 Å². The van der Waals surface area contributed by atoms with Gasteiger partial charge in [-0.05, 0) is 51.3 Å². The van der Waals surface area contributed by atoms with Gasteiger partial charge in [-0.2, -0.15) is 23.1 Å². The Bertz CT molecular complexity index is 1560. The second-order valence-corrected chi connectivity index (χ2v) is 11.8. The number of aryl methyl sites for hydroxylation is 1. The van der Waals surface area contributed by atoms with Crippen molar-refractivity contribution in [3.63, 3.8) is 0 Å². The third kappa shape index (κ3) is 5.92. The molecule has 3 aromatic rings. The summed E-state index contributed by atoms with van der Waals surface area (Å²) in [5.74, 6) is -1.07. The van der Waals surface area contributed by atoms with Crippen LogP contribution in [-0.2, 0) is 10.9 Å². The van der Waals surface area contributed by atoms with Crippen LogP contribution in [0.4, 0.5) is 29.1 Å². The van der Waals surface area contributed by atoms with E-state index in [1.165, 1.54) is 6.92 Å². The third-order valence-corrected chi connectivity index (χ3v) is 8.76. The number of rotatable bonds is 4. The number of nitrogens with one attached hydrogen (secondary N) is 2. The molecule has 0 amide bonds. The molecule has 4 N–H and O–H groups in total. The van der Waals surface area contributed by atoms with E-state index in [0.29, 0.717) is 45.3 Å². The van der Waals surface area contributed by atoms with Gasteiger partial charge in [-0.25, -0.2) is 9.37 Å². The van der Waals surface area contributed by atoms with Gasteiger partial charge in [0.25, 0.3) is 0 Å². The summed E-state index contributed by atoms with van der Waals surface area (Å²) in [7, 11) is 0. The third-order valence-electron chi connectivity index (χ3n) is 8.36. The Labute approximate surface area is 256 Å². The van der Waals surface area contributed by atoms with Crippen LogP contribution in [0.5, 0.6) is 11.9 Å². The van der Waals surface area contributed by atoms with E-state index in [0.717, 1.165) is 25.5 Å². The van der Waals surface area contributed by atoms with Crippen LogP contribution in [0.15, 0.2) is 6.07 Å². The van der Waals surface area contributed by atoms with Crippen molar-refractivity contribution in [2.75, 3.05) is 57.1 Å². The SMILES string of the molecule is Cc1cc(N)c(Cl)c(-c2nc3c4c(nc(OC[C@@H]5CC[C@H]6COCCN65)nc4c2F)NCCNCC[C@H](C)O3)c1C(F)(F)F. The molecule has 0 saturated carbocycles. The lowest BCUT2D eigenvalue weighted by Crippen LogP contribution is -2.46. The van der Waals surface area contributed by atoms with Crippen molar-refractivity contribution in [3.8, 4) is 23.1 Å². The number of aromatic nitrogens is 3. The molecular formula is C29H34ClF4N7O3. The number of hydrogen-bond donors (Lipinski definition) is 3. The number of halogens is 5. The number of morpholine rings is 1. The number of benzene rings is 1. The van der Waals surface area contributed by atoms with Gasteiger partial charge < -0.3 is 30.6 Å². The van der Waals surface area contributed by atoms with E-state index < -0.39 is 39.9 Å². The molecule has 3 atom stereocenters. The van der Waals surface area contributed by atoms with Gasteiger partial charge in [-0.3, -0.25) is 4.90 Å². The van der Waals surface area contributed by atoms with Crippen molar-refractivity contribution in [1.82, 2.24) is 25.2 Å². The molecule has 0 radical (unpaired) electrons. The van der Waals surface area contributed by atoms with E-state index in [1.54, 1.807) is 6.92 Å². The van der Waals surface area contributed by atoms with Gasteiger partial charge >= 0.3 is 12.2 Å². The number of alkyl halides is 3. The molecule has 15 heteroatoms. The van der Waals surface area contributed by atoms with Crippen molar-refractivity contribution in [3.05, 3.63) is 28.0 Å². The average Bonchev–Trinajstić information content (AvgIpc) is 3.38. The van der Waals surface area contributed by atoms with Crippen molar-refractivity contribution >= 4 is 34.0 Å². The molecule has 5 heterocycles. The van der Waals surface area contributed by atoms with E-state index in [2.05, 4.69) is 30.5 Å². The predicted octanol–water partition coefficient (Wildman–Crippen LogP) is 4.81. The van der Waals surface area contributed by atoms with Crippen LogP contribution >= 0.6 is 11.6 Å². The molecule has 1 aromatic carbocycles. The zero-order chi connectivity index (χ0) is 31.2. The van der Waals surface area contributed by atoms with E-state index >= 15 is 4.39 Å². The second kappa shape index (κ2) is 12.3. The minimum absolute atomic E-state index is 0.0896. The molecule has 6 rings (SSSR count). The van der Waals surface area contributed by atoms with Crippen molar-refractivity contribution in [2.45, 2.75) is 57.5 Å². The van der Waals surface area contributed by atoms with Crippen LogP contribution in [0.3, 0.4) is 0 Å². The Balaban J connectivity index is 1.52. The van der Waals surface area contributed by atoms with E-state index in [1.807, 2.05) is 0 Å². The fourth-order valence-electron chi connectivity index (χ4n) is 6.22. The predicted molar refractivity (Wildman–Crippen MR) is 158 cm³/mol. The number of nitrogens with two attached hydrogens (primary N) is 1. The Morgan fingerprint density at radius 3 is 2.77 bits per heavy atom. The smallest absolute Gasteiger partial charge is 0.417 e. The van der Waals surface area contributed by atoms with Crippen LogP contribution in [0, 0.1) is 12.7 Å². The Morgan fingerprint density at radius 2 is 1.98 bits per heavy atom. The van der Waals surface area contributed by atoms with E-state index in [9.17, 15) is 13.2 Å². The highest BCUT2D eigenvalue weighted by molar-refractivity contribution is 6.36. The fourth-order valence-corrected chi connectivity index (χ4v) is 6.46. The zero-order valence-electron chi connectivity index (χ0n) is 24.4. The van der Waals surface area contributed by atoms with Crippen molar-refractivity contribution in [2.24, 2.45) is 0 Å². The first-order valence-electron chi connectivity index (χ1n) is 14.7. The number of fused-ring (bicyclic) bond motifs is 1. The zero-order valence-corrected chi connectivity index (χ0v) is 25.1. The monoisotopic (exact) mass is 639 g/mol. The highest BCUT2D eigenvalue weighted by Gasteiger charge is 2.40. The van der Waals surface area contributed by atoms with Crippen LogP contribution in [0.2, 0.25) is 5.02 Å². The summed E-state index contributed by atoms with van der Waals surface area (Å²) in [6, 6.07) is 1.39. The van der Waals surface area contributed by atoms with E-state index in [-0.39, 0.29) is 52.5 Å². The van der Waals surface area contributed by atoms with E-state index in [4.69, 9.17) is 31.5 Å². The largest absolute Gasteiger partial charge is 0.474 e. The second-order valence-electron chi connectivity index (χ2n) is 11.4. The molecule has 2 aromatic heterocycles. The first kappa shape index (κ1) is 30.8. The normalized spacial score (nSPS) is 23.0. The summed E-state index contributed by atoms with van der Waals surface area (Å²) < 4.78 is 77.6. The maximum absolute atomic E-state index is 16.6. The number of nitrogen functional groups attached to an aromatic ring is 1. The Hall–Kier alpha value is -3.20. The molecule has 2 fully saturated rings. The lowest BCUT2D eigenvalue weighted by Gasteiger charge is -2.33. The number of anilines is 2. The minimum atomic E-state index is -4.89. The van der Waals surface area contributed by atoms with Gasteiger partial charge in [-0.15, -0.1) is 0 Å². The van der Waals surface area contributed by atoms with Gasteiger partial charge in [-0.1, -0.05) is 11.6 Å². The topological polar surface area (TPSA) is 120 Å². The Morgan fingerprint density at radius 1 is 1.16 bits per heavy atom. The van der Waals surface area contributed by atoms with Gasteiger partial charge in [0.05, 0.1) is 35.6 Å². The minimum Gasteiger partial charge on any atom is -0.474 e. The lowest BCUT2D eigenvalue weighted by atomic mass is 9.96. The number of hydrogen-bond acceptors (Lipinski definition) is 10. The quantitative estimate of drug-likeness (QED) is 0.271. The van der Waals surface area contributed by atoms with Gasteiger partial charge in [0.2, 0.25) is 5.88 Å². The fraction of sp³-hybridized carbons (Fsp3) is 0.552. The van der Waals surface area contributed by atoms with Crippen molar-refractivity contribution < 1.29 is 31.8 Å². The van der Waals surface area contributed by atoms with Gasteiger partial charge in [0.15, 0.2) is 5.82 Å². The molecule has 0 bridgehead atoms.